The molecule has 1 N–H and O–H groups in total. The van der Waals surface area contributed by atoms with Crippen molar-refractivity contribution in [2.45, 2.75) is 13.5 Å². The third kappa shape index (κ3) is 5.94. The van der Waals surface area contributed by atoms with Gasteiger partial charge < -0.3 is 14.2 Å². The minimum absolute atomic E-state index is 0.290. The SMILES string of the molecule is CCOC(=O)NN=Cc1ccc(OCc2ccc(C(=O)OC)cc2)cc1. The molecule has 0 spiro atoms. The van der Waals surface area contributed by atoms with E-state index in [1.165, 1.54) is 13.3 Å². The molecule has 0 bridgehead atoms. The van der Waals surface area contributed by atoms with Crippen LogP contribution in [0.4, 0.5) is 4.79 Å². The highest BCUT2D eigenvalue weighted by Crippen LogP contribution is 2.14. The molecule has 0 atom stereocenters. The lowest BCUT2D eigenvalue weighted by Crippen LogP contribution is -2.18. The zero-order valence-electron chi connectivity index (χ0n) is 14.6. The minimum atomic E-state index is -0.595. The van der Waals surface area contributed by atoms with Crippen molar-refractivity contribution in [3.63, 3.8) is 0 Å². The fraction of sp³-hybridized carbons (Fsp3) is 0.211. The highest BCUT2D eigenvalue weighted by Gasteiger charge is 2.04. The highest BCUT2D eigenvalue weighted by atomic mass is 16.5. The Bertz CT molecular complexity index is 755. The van der Waals surface area contributed by atoms with Crippen LogP contribution in [0.1, 0.15) is 28.4 Å². The van der Waals surface area contributed by atoms with E-state index in [-0.39, 0.29) is 5.97 Å². The van der Waals surface area contributed by atoms with Crippen molar-refractivity contribution in [3.05, 3.63) is 65.2 Å². The number of amides is 1. The molecular formula is C19H20N2O5. The maximum Gasteiger partial charge on any atom is 0.427 e. The van der Waals surface area contributed by atoms with Gasteiger partial charge in [-0.2, -0.15) is 5.10 Å². The summed E-state index contributed by atoms with van der Waals surface area (Å²) < 4.78 is 15.0. The summed E-state index contributed by atoms with van der Waals surface area (Å²) in [5, 5.41) is 3.78. The molecule has 26 heavy (non-hydrogen) atoms. The molecule has 0 saturated carbocycles. The first-order chi connectivity index (χ1) is 12.6. The summed E-state index contributed by atoms with van der Waals surface area (Å²) >= 11 is 0. The number of hydrazone groups is 1. The topological polar surface area (TPSA) is 86.2 Å². The summed E-state index contributed by atoms with van der Waals surface area (Å²) in [5.41, 5.74) is 4.49. The minimum Gasteiger partial charge on any atom is -0.489 e. The number of carbonyl (C=O) groups is 2. The van der Waals surface area contributed by atoms with E-state index in [1.54, 1.807) is 31.2 Å². The van der Waals surface area contributed by atoms with Gasteiger partial charge in [0.05, 0.1) is 25.5 Å². The van der Waals surface area contributed by atoms with Crippen LogP contribution in [-0.4, -0.2) is 32.0 Å². The van der Waals surface area contributed by atoms with E-state index in [2.05, 4.69) is 15.3 Å². The standard InChI is InChI=1S/C19H20N2O5/c1-3-25-19(23)21-20-12-14-6-10-17(11-7-14)26-13-15-4-8-16(9-5-15)18(22)24-2/h4-12H,3,13H2,1-2H3,(H,21,23). The van der Waals surface area contributed by atoms with Gasteiger partial charge in [-0.1, -0.05) is 12.1 Å². The van der Waals surface area contributed by atoms with Gasteiger partial charge in [0.25, 0.3) is 0 Å². The summed E-state index contributed by atoms with van der Waals surface area (Å²) in [6.45, 7) is 2.38. The van der Waals surface area contributed by atoms with Gasteiger partial charge >= 0.3 is 12.1 Å². The van der Waals surface area contributed by atoms with Gasteiger partial charge in [-0.05, 0) is 54.4 Å². The predicted octanol–water partition coefficient (Wildman–Crippen LogP) is 3.13. The van der Waals surface area contributed by atoms with E-state index in [0.29, 0.717) is 24.5 Å². The van der Waals surface area contributed by atoms with Crippen molar-refractivity contribution in [2.24, 2.45) is 5.10 Å². The molecule has 0 radical (unpaired) electrons. The number of esters is 1. The fourth-order valence-electron chi connectivity index (χ4n) is 1.99. The van der Waals surface area contributed by atoms with Crippen LogP contribution in [0.15, 0.2) is 53.6 Å². The number of methoxy groups -OCH3 is 1. The second kappa shape index (κ2) is 9.83. The van der Waals surface area contributed by atoms with Gasteiger partial charge in [0, 0.05) is 0 Å². The van der Waals surface area contributed by atoms with Gasteiger partial charge in [-0.3, -0.25) is 0 Å². The number of nitrogens with one attached hydrogen (secondary N) is 1. The zero-order chi connectivity index (χ0) is 18.8. The van der Waals surface area contributed by atoms with Crippen LogP contribution in [0.2, 0.25) is 0 Å². The van der Waals surface area contributed by atoms with Crippen LogP contribution in [0, 0.1) is 0 Å². The quantitative estimate of drug-likeness (QED) is 0.468. The van der Waals surface area contributed by atoms with Gasteiger partial charge in [0.15, 0.2) is 0 Å². The predicted molar refractivity (Wildman–Crippen MR) is 96.3 cm³/mol. The summed E-state index contributed by atoms with van der Waals surface area (Å²) in [7, 11) is 1.35. The molecule has 0 aliphatic heterocycles. The first-order valence-electron chi connectivity index (χ1n) is 7.98. The maximum atomic E-state index is 11.4. The molecule has 0 unspecified atom stereocenters. The van der Waals surface area contributed by atoms with Crippen LogP contribution in [0.25, 0.3) is 0 Å². The van der Waals surface area contributed by atoms with E-state index in [9.17, 15) is 9.59 Å². The van der Waals surface area contributed by atoms with Crippen molar-refractivity contribution in [3.8, 4) is 5.75 Å². The fourth-order valence-corrected chi connectivity index (χ4v) is 1.99. The highest BCUT2D eigenvalue weighted by molar-refractivity contribution is 5.89. The van der Waals surface area contributed by atoms with Crippen molar-refractivity contribution >= 4 is 18.3 Å². The second-order valence-electron chi connectivity index (χ2n) is 5.14. The van der Waals surface area contributed by atoms with Gasteiger partial charge in [0.1, 0.15) is 12.4 Å². The van der Waals surface area contributed by atoms with Crippen LogP contribution >= 0.6 is 0 Å². The summed E-state index contributed by atoms with van der Waals surface area (Å²) in [6.07, 6.45) is 0.911. The summed E-state index contributed by atoms with van der Waals surface area (Å²) in [4.78, 5) is 22.5. The van der Waals surface area contributed by atoms with Gasteiger partial charge in [-0.25, -0.2) is 15.0 Å². The van der Waals surface area contributed by atoms with Crippen LogP contribution in [0.5, 0.6) is 5.75 Å². The Kier molecular flexibility index (Phi) is 7.17. The lowest BCUT2D eigenvalue weighted by atomic mass is 10.1. The smallest absolute Gasteiger partial charge is 0.427 e. The van der Waals surface area contributed by atoms with Gasteiger partial charge in [-0.15, -0.1) is 0 Å². The first-order valence-corrected chi connectivity index (χ1v) is 7.98. The Morgan fingerprint density at radius 2 is 1.77 bits per heavy atom. The normalized spacial score (nSPS) is 10.4. The molecule has 7 nitrogen and oxygen atoms in total. The van der Waals surface area contributed by atoms with E-state index >= 15 is 0 Å². The number of nitrogens with zero attached hydrogens (tertiary/aromatic N) is 1. The first kappa shape index (κ1) is 19.0. The molecule has 2 aromatic carbocycles. The van der Waals surface area contributed by atoms with Crippen LogP contribution in [-0.2, 0) is 16.1 Å². The average molecular weight is 356 g/mol. The Hall–Kier alpha value is -3.35. The molecule has 0 heterocycles. The van der Waals surface area contributed by atoms with E-state index in [1.807, 2.05) is 24.3 Å². The molecule has 0 saturated heterocycles. The Morgan fingerprint density at radius 3 is 2.38 bits per heavy atom. The molecule has 0 aliphatic carbocycles. The summed E-state index contributed by atoms with van der Waals surface area (Å²) in [6, 6.07) is 14.2. The molecule has 2 rings (SSSR count). The molecule has 0 fully saturated rings. The van der Waals surface area contributed by atoms with E-state index in [4.69, 9.17) is 9.47 Å². The lowest BCUT2D eigenvalue weighted by molar-refractivity contribution is 0.0600. The van der Waals surface area contributed by atoms with E-state index in [0.717, 1.165) is 11.1 Å². The average Bonchev–Trinajstić information content (AvgIpc) is 2.67. The number of rotatable bonds is 7. The lowest BCUT2D eigenvalue weighted by Gasteiger charge is -2.07. The van der Waals surface area contributed by atoms with Crippen molar-refractivity contribution in [2.75, 3.05) is 13.7 Å². The monoisotopic (exact) mass is 356 g/mol. The maximum absolute atomic E-state index is 11.4. The summed E-state index contributed by atoms with van der Waals surface area (Å²) in [5.74, 6) is 0.324. The number of ether oxygens (including phenoxy) is 3. The Balaban J connectivity index is 1.84. The van der Waals surface area contributed by atoms with E-state index < -0.39 is 6.09 Å². The Morgan fingerprint density at radius 1 is 1.08 bits per heavy atom. The zero-order valence-corrected chi connectivity index (χ0v) is 14.6. The van der Waals surface area contributed by atoms with Crippen molar-refractivity contribution in [1.29, 1.82) is 0 Å². The number of carbonyl (C=O) groups excluding carboxylic acids is 2. The number of hydrogen-bond donors (Lipinski definition) is 1. The third-order valence-electron chi connectivity index (χ3n) is 3.31. The third-order valence-corrected chi connectivity index (χ3v) is 3.31. The largest absolute Gasteiger partial charge is 0.489 e. The van der Waals surface area contributed by atoms with Crippen molar-refractivity contribution in [1.82, 2.24) is 5.43 Å². The van der Waals surface area contributed by atoms with Gasteiger partial charge in [0.2, 0.25) is 0 Å². The Labute approximate surface area is 151 Å². The molecule has 2 aromatic rings. The molecule has 1 amide bonds. The number of hydrogen-bond acceptors (Lipinski definition) is 6. The molecule has 0 aliphatic rings. The number of benzene rings is 2. The molecular weight excluding hydrogens is 336 g/mol. The molecule has 136 valence electrons. The molecule has 0 aromatic heterocycles. The second-order valence-corrected chi connectivity index (χ2v) is 5.14. The van der Waals surface area contributed by atoms with Crippen LogP contribution < -0.4 is 10.2 Å². The molecule has 7 heteroatoms. The van der Waals surface area contributed by atoms with Crippen molar-refractivity contribution < 1.29 is 23.8 Å². The van der Waals surface area contributed by atoms with Crippen LogP contribution in [0.3, 0.4) is 0 Å².